The van der Waals surface area contributed by atoms with Crippen molar-refractivity contribution in [2.75, 3.05) is 20.2 Å². The molecule has 0 aliphatic carbocycles. The number of halogens is 1. The molecule has 0 unspecified atom stereocenters. The Balaban J connectivity index is 2.00. The first-order valence-corrected chi connectivity index (χ1v) is 8.03. The molecule has 1 heterocycles. The van der Waals surface area contributed by atoms with E-state index < -0.39 is 0 Å². The molecule has 0 spiro atoms. The third-order valence-corrected chi connectivity index (χ3v) is 4.09. The highest BCUT2D eigenvalue weighted by Gasteiger charge is 2.10. The van der Waals surface area contributed by atoms with Crippen LogP contribution in [-0.4, -0.2) is 40.4 Å². The summed E-state index contributed by atoms with van der Waals surface area (Å²) in [6.45, 7) is 4.59. The molecule has 0 saturated carbocycles. The summed E-state index contributed by atoms with van der Waals surface area (Å²) < 4.78 is 7.14. The molecule has 2 rings (SSSR count). The number of tetrazole rings is 1. The molecule has 6 nitrogen and oxygen atoms in total. The van der Waals surface area contributed by atoms with Crippen molar-refractivity contribution in [1.29, 1.82) is 0 Å². The molecule has 2 aromatic rings. The number of ether oxygens (including phenoxy) is 1. The summed E-state index contributed by atoms with van der Waals surface area (Å²) in [5.74, 6) is 1.52. The first-order valence-electron chi connectivity index (χ1n) is 6.66. The highest BCUT2D eigenvalue weighted by Crippen LogP contribution is 2.28. The van der Waals surface area contributed by atoms with E-state index in [9.17, 15) is 0 Å². The van der Waals surface area contributed by atoms with Crippen LogP contribution in [0.15, 0.2) is 23.4 Å². The summed E-state index contributed by atoms with van der Waals surface area (Å²) in [6.07, 6.45) is 0. The molecule has 0 atom stereocenters. The topological polar surface area (TPSA) is 64.9 Å². The lowest BCUT2D eigenvalue weighted by Crippen LogP contribution is -2.20. The minimum Gasteiger partial charge on any atom is -0.496 e. The van der Waals surface area contributed by atoms with Gasteiger partial charge in [-0.15, -0.1) is 5.10 Å². The highest BCUT2D eigenvalue weighted by molar-refractivity contribution is 7.98. The van der Waals surface area contributed by atoms with Gasteiger partial charge in [-0.3, -0.25) is 0 Å². The van der Waals surface area contributed by atoms with Gasteiger partial charge in [0.05, 0.1) is 13.7 Å². The number of rotatable bonds is 8. The molecule has 8 heteroatoms. The number of aromatic nitrogens is 4. The molecule has 0 fully saturated rings. The van der Waals surface area contributed by atoms with Gasteiger partial charge in [-0.1, -0.05) is 30.3 Å². The molecule has 0 amide bonds. The molecular weight excluding hydrogens is 310 g/mol. The monoisotopic (exact) mass is 327 g/mol. The van der Waals surface area contributed by atoms with E-state index in [2.05, 4.69) is 27.8 Å². The van der Waals surface area contributed by atoms with Crippen molar-refractivity contribution >= 4 is 23.4 Å². The smallest absolute Gasteiger partial charge is 0.209 e. The first-order chi connectivity index (χ1) is 10.2. The van der Waals surface area contributed by atoms with Gasteiger partial charge in [-0.25, -0.2) is 4.68 Å². The zero-order valence-electron chi connectivity index (χ0n) is 12.0. The van der Waals surface area contributed by atoms with Gasteiger partial charge in [0.25, 0.3) is 0 Å². The van der Waals surface area contributed by atoms with Crippen LogP contribution in [0.5, 0.6) is 5.75 Å². The van der Waals surface area contributed by atoms with E-state index in [0.29, 0.717) is 10.8 Å². The van der Waals surface area contributed by atoms with Crippen LogP contribution in [0, 0.1) is 0 Å². The van der Waals surface area contributed by atoms with Gasteiger partial charge in [0.15, 0.2) is 0 Å². The molecular formula is C13H18ClN5OS. The maximum absolute atomic E-state index is 6.03. The van der Waals surface area contributed by atoms with E-state index in [1.54, 1.807) is 23.6 Å². The van der Waals surface area contributed by atoms with Gasteiger partial charge in [0, 0.05) is 22.9 Å². The molecule has 0 aliphatic heterocycles. The normalized spacial score (nSPS) is 10.8. The van der Waals surface area contributed by atoms with Crippen LogP contribution in [0.3, 0.4) is 0 Å². The van der Waals surface area contributed by atoms with Gasteiger partial charge in [0.2, 0.25) is 5.16 Å². The second-order valence-corrected chi connectivity index (χ2v) is 5.66. The van der Waals surface area contributed by atoms with Crippen LogP contribution in [0.1, 0.15) is 12.5 Å². The van der Waals surface area contributed by atoms with Crippen molar-refractivity contribution in [3.63, 3.8) is 0 Å². The molecule has 21 heavy (non-hydrogen) atoms. The number of nitrogens with one attached hydrogen (secondary N) is 1. The maximum Gasteiger partial charge on any atom is 0.209 e. The van der Waals surface area contributed by atoms with Crippen LogP contribution in [0.2, 0.25) is 5.02 Å². The number of methoxy groups -OCH3 is 1. The average Bonchev–Trinajstić information content (AvgIpc) is 2.93. The number of likely N-dealkylation sites (N-methyl/N-ethyl adjacent to an activating group) is 1. The lowest BCUT2D eigenvalue weighted by molar-refractivity contribution is 0.411. The van der Waals surface area contributed by atoms with Gasteiger partial charge < -0.3 is 10.1 Å². The summed E-state index contributed by atoms with van der Waals surface area (Å²) in [5.41, 5.74) is 1.02. The Kier molecular flexibility index (Phi) is 6.28. The molecule has 114 valence electrons. The Labute approximate surface area is 133 Å². The summed E-state index contributed by atoms with van der Waals surface area (Å²) in [5, 5.41) is 16.5. The lowest BCUT2D eigenvalue weighted by Gasteiger charge is -2.09. The quantitative estimate of drug-likeness (QED) is 0.592. The standard InChI is InChI=1S/C13H18ClN5OS/c1-3-15-6-7-19-13(16-17-18-19)21-9-10-8-11(14)4-5-12(10)20-2/h4-5,8,15H,3,6-7,9H2,1-2H3. The Bertz CT molecular complexity index is 577. The predicted molar refractivity (Wildman–Crippen MR) is 83.9 cm³/mol. The van der Waals surface area contributed by atoms with Crippen molar-refractivity contribution in [1.82, 2.24) is 25.5 Å². The van der Waals surface area contributed by atoms with E-state index in [-0.39, 0.29) is 0 Å². The van der Waals surface area contributed by atoms with Crippen LogP contribution in [-0.2, 0) is 12.3 Å². The van der Waals surface area contributed by atoms with E-state index in [1.165, 1.54) is 0 Å². The lowest BCUT2D eigenvalue weighted by atomic mass is 10.2. The summed E-state index contributed by atoms with van der Waals surface area (Å²) >= 11 is 7.60. The predicted octanol–water partition coefficient (Wildman–Crippen LogP) is 2.24. The molecule has 0 saturated heterocycles. The van der Waals surface area contributed by atoms with Gasteiger partial charge in [0.1, 0.15) is 5.75 Å². The molecule has 0 aliphatic rings. The van der Waals surface area contributed by atoms with E-state index in [0.717, 1.165) is 36.1 Å². The first kappa shape index (κ1) is 16.1. The third kappa shape index (κ3) is 4.59. The molecule has 0 bridgehead atoms. The Morgan fingerprint density at radius 2 is 2.29 bits per heavy atom. The largest absolute Gasteiger partial charge is 0.496 e. The van der Waals surface area contributed by atoms with Gasteiger partial charge in [-0.05, 0) is 35.2 Å². The van der Waals surface area contributed by atoms with E-state index >= 15 is 0 Å². The maximum atomic E-state index is 6.03. The minimum absolute atomic E-state index is 0.693. The number of hydrogen-bond donors (Lipinski definition) is 1. The number of benzene rings is 1. The minimum atomic E-state index is 0.693. The Morgan fingerprint density at radius 3 is 3.05 bits per heavy atom. The fraction of sp³-hybridized carbons (Fsp3) is 0.462. The summed E-state index contributed by atoms with van der Waals surface area (Å²) in [6, 6.07) is 5.58. The zero-order chi connectivity index (χ0) is 15.1. The van der Waals surface area contributed by atoms with Crippen LogP contribution in [0.25, 0.3) is 0 Å². The van der Waals surface area contributed by atoms with Crippen molar-refractivity contribution in [3.8, 4) is 5.75 Å². The van der Waals surface area contributed by atoms with Crippen LogP contribution >= 0.6 is 23.4 Å². The van der Waals surface area contributed by atoms with Gasteiger partial charge >= 0.3 is 0 Å². The van der Waals surface area contributed by atoms with Crippen molar-refractivity contribution in [3.05, 3.63) is 28.8 Å². The van der Waals surface area contributed by atoms with Crippen molar-refractivity contribution in [2.24, 2.45) is 0 Å². The number of hydrogen-bond acceptors (Lipinski definition) is 6. The van der Waals surface area contributed by atoms with E-state index in [1.807, 2.05) is 18.2 Å². The number of thioether (sulfide) groups is 1. The van der Waals surface area contributed by atoms with Gasteiger partial charge in [-0.2, -0.15) is 0 Å². The van der Waals surface area contributed by atoms with Crippen LogP contribution in [0.4, 0.5) is 0 Å². The van der Waals surface area contributed by atoms with Crippen LogP contribution < -0.4 is 10.1 Å². The molecule has 1 N–H and O–H groups in total. The SMILES string of the molecule is CCNCCn1nnnc1SCc1cc(Cl)ccc1OC. The fourth-order valence-electron chi connectivity index (χ4n) is 1.80. The highest BCUT2D eigenvalue weighted by atomic mass is 35.5. The second-order valence-electron chi connectivity index (χ2n) is 4.28. The average molecular weight is 328 g/mol. The zero-order valence-corrected chi connectivity index (χ0v) is 13.6. The molecule has 0 radical (unpaired) electrons. The van der Waals surface area contributed by atoms with Crippen molar-refractivity contribution in [2.45, 2.75) is 24.4 Å². The third-order valence-electron chi connectivity index (χ3n) is 2.85. The summed E-state index contributed by atoms with van der Waals surface area (Å²) in [7, 11) is 1.65. The number of nitrogens with zero attached hydrogens (tertiary/aromatic N) is 4. The Morgan fingerprint density at radius 1 is 1.43 bits per heavy atom. The van der Waals surface area contributed by atoms with E-state index in [4.69, 9.17) is 16.3 Å². The fourth-order valence-corrected chi connectivity index (χ4v) is 2.88. The second kappa shape index (κ2) is 8.21. The molecule has 1 aromatic heterocycles. The summed E-state index contributed by atoms with van der Waals surface area (Å²) in [4.78, 5) is 0. The molecule has 1 aromatic carbocycles. The van der Waals surface area contributed by atoms with Crippen molar-refractivity contribution < 1.29 is 4.74 Å². The Hall–Kier alpha value is -1.31.